The van der Waals surface area contributed by atoms with Crippen molar-refractivity contribution in [3.63, 3.8) is 0 Å². The Bertz CT molecular complexity index is 1070. The van der Waals surface area contributed by atoms with Gasteiger partial charge in [-0.3, -0.25) is 33.7 Å². The first-order valence-corrected chi connectivity index (χ1v) is 8.49. The van der Waals surface area contributed by atoms with Crippen molar-refractivity contribution in [1.29, 1.82) is 0 Å². The van der Waals surface area contributed by atoms with Crippen LogP contribution < -0.4 is 11.2 Å². The van der Waals surface area contributed by atoms with E-state index in [1.807, 2.05) is 4.98 Å². The van der Waals surface area contributed by atoms with E-state index in [0.717, 1.165) is 13.8 Å². The van der Waals surface area contributed by atoms with E-state index in [0.29, 0.717) is 0 Å². The molecule has 0 spiro atoms. The van der Waals surface area contributed by atoms with Gasteiger partial charge < -0.3 is 18.9 Å². The predicted octanol–water partition coefficient (Wildman–Crippen LogP) is -1.26. The molecule has 2 N–H and O–H groups in total. The molecule has 13 heteroatoms. The molecular formula is C16H18N4O9. The Kier molecular flexibility index (Phi) is 5.50. The zero-order chi connectivity index (χ0) is 21.3. The van der Waals surface area contributed by atoms with Crippen LogP contribution in [0.5, 0.6) is 0 Å². The van der Waals surface area contributed by atoms with Crippen LogP contribution in [0.3, 0.4) is 0 Å². The highest BCUT2D eigenvalue weighted by molar-refractivity contribution is 5.70. The van der Waals surface area contributed by atoms with Gasteiger partial charge in [-0.05, 0) is 0 Å². The maximum atomic E-state index is 11.9. The van der Waals surface area contributed by atoms with Gasteiger partial charge in [0.15, 0.2) is 24.0 Å². The number of rotatable bonds is 5. The molecule has 29 heavy (non-hydrogen) atoms. The summed E-state index contributed by atoms with van der Waals surface area (Å²) in [6.07, 6.45) is -3.20. The minimum atomic E-state index is -1.17. The van der Waals surface area contributed by atoms with Crippen LogP contribution in [0.25, 0.3) is 11.2 Å². The number of ether oxygens (including phenoxy) is 4. The lowest BCUT2D eigenvalue weighted by Crippen LogP contribution is -2.40. The van der Waals surface area contributed by atoms with E-state index >= 15 is 0 Å². The van der Waals surface area contributed by atoms with Crippen molar-refractivity contribution in [3.8, 4) is 0 Å². The number of carbonyl (C=O) groups is 3. The third kappa shape index (κ3) is 4.18. The largest absolute Gasteiger partial charge is 0.463 e. The molecule has 3 heterocycles. The van der Waals surface area contributed by atoms with Crippen LogP contribution in [0.4, 0.5) is 0 Å². The summed E-state index contributed by atoms with van der Waals surface area (Å²) in [5.74, 6) is -1.96. The number of fused-ring (bicyclic) bond motifs is 1. The number of nitrogens with one attached hydrogen (secondary N) is 2. The lowest BCUT2D eigenvalue weighted by molar-refractivity contribution is -0.166. The quantitative estimate of drug-likeness (QED) is 0.447. The fourth-order valence-corrected chi connectivity index (χ4v) is 3.06. The minimum Gasteiger partial charge on any atom is -0.463 e. The molecule has 0 bridgehead atoms. The van der Waals surface area contributed by atoms with Crippen LogP contribution in [0, 0.1) is 0 Å². The molecule has 0 radical (unpaired) electrons. The van der Waals surface area contributed by atoms with Crippen LogP contribution in [-0.2, 0) is 33.3 Å². The number of hydrogen-bond donors (Lipinski definition) is 2. The van der Waals surface area contributed by atoms with Crippen molar-refractivity contribution in [2.45, 2.75) is 45.3 Å². The number of esters is 3. The summed E-state index contributed by atoms with van der Waals surface area (Å²) in [6, 6.07) is 0. The third-order valence-corrected chi connectivity index (χ3v) is 4.08. The highest BCUT2D eigenvalue weighted by atomic mass is 16.7. The molecule has 1 saturated heterocycles. The molecule has 156 valence electrons. The summed E-state index contributed by atoms with van der Waals surface area (Å²) in [6.45, 7) is 3.22. The van der Waals surface area contributed by atoms with E-state index in [9.17, 15) is 24.0 Å². The Morgan fingerprint density at radius 1 is 1.07 bits per heavy atom. The van der Waals surface area contributed by atoms with Crippen molar-refractivity contribution in [1.82, 2.24) is 19.5 Å². The highest BCUT2D eigenvalue weighted by Gasteiger charge is 2.51. The summed E-state index contributed by atoms with van der Waals surface area (Å²) in [4.78, 5) is 66.4. The first-order chi connectivity index (χ1) is 13.7. The predicted molar refractivity (Wildman–Crippen MR) is 92.6 cm³/mol. The van der Waals surface area contributed by atoms with Gasteiger partial charge in [-0.25, -0.2) is 9.78 Å². The van der Waals surface area contributed by atoms with Gasteiger partial charge in [0, 0.05) is 20.8 Å². The number of carbonyl (C=O) groups excluding carboxylic acids is 3. The number of aromatic nitrogens is 4. The average Bonchev–Trinajstić information content (AvgIpc) is 3.15. The van der Waals surface area contributed by atoms with E-state index in [2.05, 4.69) is 9.97 Å². The third-order valence-electron chi connectivity index (χ3n) is 4.08. The van der Waals surface area contributed by atoms with Crippen LogP contribution in [0.2, 0.25) is 0 Å². The Hall–Kier alpha value is -3.48. The Balaban J connectivity index is 2.06. The number of hydrogen-bond acceptors (Lipinski definition) is 10. The number of imidazole rings is 1. The smallest absolute Gasteiger partial charge is 0.327 e. The summed E-state index contributed by atoms with van der Waals surface area (Å²) in [7, 11) is 0. The monoisotopic (exact) mass is 410 g/mol. The molecule has 1 fully saturated rings. The molecule has 1 aliphatic rings. The maximum absolute atomic E-state index is 11.9. The molecule has 0 saturated carbocycles. The molecular weight excluding hydrogens is 392 g/mol. The zero-order valence-electron chi connectivity index (χ0n) is 15.7. The first-order valence-electron chi connectivity index (χ1n) is 8.49. The molecule has 1 aliphatic heterocycles. The second-order valence-electron chi connectivity index (χ2n) is 6.27. The molecule has 0 amide bonds. The fraction of sp³-hybridized carbons (Fsp3) is 0.500. The lowest BCUT2D eigenvalue weighted by Gasteiger charge is -2.23. The van der Waals surface area contributed by atoms with Gasteiger partial charge in [-0.1, -0.05) is 0 Å². The number of H-pyrrole nitrogens is 2. The SMILES string of the molecule is CC(=O)OC[C@H]1O[C@@H](n2cnc3c(=O)[nH]c(=O)[nH]c32)C(OC(C)=O)C1OC(C)=O. The zero-order valence-corrected chi connectivity index (χ0v) is 15.7. The van der Waals surface area contributed by atoms with E-state index < -0.39 is 53.7 Å². The van der Waals surface area contributed by atoms with Crippen LogP contribution in [0.15, 0.2) is 15.9 Å². The minimum absolute atomic E-state index is 0.00983. The van der Waals surface area contributed by atoms with Gasteiger partial charge in [0.2, 0.25) is 0 Å². The molecule has 0 aliphatic carbocycles. The van der Waals surface area contributed by atoms with Gasteiger partial charge in [0.25, 0.3) is 5.56 Å². The fourth-order valence-electron chi connectivity index (χ4n) is 3.06. The van der Waals surface area contributed by atoms with Crippen molar-refractivity contribution in [3.05, 3.63) is 27.2 Å². The molecule has 2 aromatic rings. The molecule has 2 aromatic heterocycles. The summed E-state index contributed by atoms with van der Waals surface area (Å²) < 4.78 is 22.6. The topological polar surface area (TPSA) is 172 Å². The molecule has 4 atom stereocenters. The first kappa shape index (κ1) is 20.3. The molecule has 13 nitrogen and oxygen atoms in total. The van der Waals surface area contributed by atoms with Crippen LogP contribution in [0.1, 0.15) is 27.0 Å². The molecule has 0 aromatic carbocycles. The Morgan fingerprint density at radius 3 is 2.34 bits per heavy atom. The summed E-state index contributed by atoms with van der Waals surface area (Å²) in [5.41, 5.74) is -1.57. The van der Waals surface area contributed by atoms with Crippen molar-refractivity contribution in [2.24, 2.45) is 0 Å². The normalized spacial score (nSPS) is 23.7. The van der Waals surface area contributed by atoms with Gasteiger partial charge >= 0.3 is 23.6 Å². The molecule has 3 rings (SSSR count). The lowest BCUT2D eigenvalue weighted by atomic mass is 10.1. The van der Waals surface area contributed by atoms with Gasteiger partial charge in [0.05, 0.1) is 6.33 Å². The second kappa shape index (κ2) is 7.87. The van der Waals surface area contributed by atoms with E-state index in [1.54, 1.807) is 0 Å². The van der Waals surface area contributed by atoms with Crippen molar-refractivity contribution >= 4 is 29.1 Å². The molecule has 2 unspecified atom stereocenters. The van der Waals surface area contributed by atoms with Crippen LogP contribution in [-0.4, -0.2) is 62.3 Å². The number of aromatic amines is 2. The van der Waals surface area contributed by atoms with Gasteiger partial charge in [0.1, 0.15) is 18.4 Å². The summed E-state index contributed by atoms with van der Waals surface area (Å²) in [5, 5.41) is 0. The van der Waals surface area contributed by atoms with Crippen molar-refractivity contribution in [2.75, 3.05) is 6.61 Å². The van der Waals surface area contributed by atoms with E-state index in [-0.39, 0.29) is 17.8 Å². The standard InChI is InChI=1S/C16H18N4O9/c1-6(21)26-4-9-11(27-7(2)22)12(28-8(3)23)15(29-9)20-5-17-10-13(20)18-16(25)19-14(10)24/h5,9,11-12,15H,4H2,1-3H3,(H2,18,19,24,25)/t9-,11?,12?,15-/m1/s1. The van der Waals surface area contributed by atoms with Crippen LogP contribution >= 0.6 is 0 Å². The highest BCUT2D eigenvalue weighted by Crippen LogP contribution is 2.35. The van der Waals surface area contributed by atoms with E-state index in [4.69, 9.17) is 18.9 Å². The Labute approximate surface area is 161 Å². The Morgan fingerprint density at radius 2 is 1.72 bits per heavy atom. The van der Waals surface area contributed by atoms with E-state index in [1.165, 1.54) is 17.8 Å². The second-order valence-corrected chi connectivity index (χ2v) is 6.27. The average molecular weight is 410 g/mol. The van der Waals surface area contributed by atoms with Crippen molar-refractivity contribution < 1.29 is 33.3 Å². The van der Waals surface area contributed by atoms with Gasteiger partial charge in [-0.2, -0.15) is 0 Å². The number of nitrogens with zero attached hydrogens (tertiary/aromatic N) is 2. The summed E-state index contributed by atoms with van der Waals surface area (Å²) >= 11 is 0. The maximum Gasteiger partial charge on any atom is 0.327 e. The van der Waals surface area contributed by atoms with Gasteiger partial charge in [-0.15, -0.1) is 0 Å².